The molecule has 0 unspecified atom stereocenters. The van der Waals surface area contributed by atoms with Gasteiger partial charge >= 0.3 is 6.18 Å². The first-order valence-corrected chi connectivity index (χ1v) is 14.8. The van der Waals surface area contributed by atoms with Crippen LogP contribution in [0.5, 0.6) is 0 Å². The first-order chi connectivity index (χ1) is 18.4. The Morgan fingerprint density at radius 1 is 1.13 bits per heavy atom. The molecule has 0 bridgehead atoms. The van der Waals surface area contributed by atoms with E-state index in [0.717, 1.165) is 61.8 Å². The van der Waals surface area contributed by atoms with Crippen LogP contribution in [-0.4, -0.2) is 55.9 Å². The molecule has 1 N–H and O–H groups in total. The summed E-state index contributed by atoms with van der Waals surface area (Å²) < 4.78 is 82.0. The Morgan fingerprint density at radius 3 is 2.54 bits per heavy atom. The van der Waals surface area contributed by atoms with Gasteiger partial charge in [-0.2, -0.15) is 17.5 Å². The van der Waals surface area contributed by atoms with E-state index in [-0.39, 0.29) is 9.33 Å². The minimum Gasteiger partial charge on any atom is -0.349 e. The Hall–Kier alpha value is -2.21. The smallest absolute Gasteiger partial charge is 0.349 e. The maximum absolute atomic E-state index is 14.2. The number of benzene rings is 2. The number of rotatable bonds is 8. The first-order valence-electron chi connectivity index (χ1n) is 13.0. The number of carbonyl (C=O) groups is 1. The molecule has 1 saturated heterocycles. The summed E-state index contributed by atoms with van der Waals surface area (Å²) in [6.07, 6.45) is -0.504. The van der Waals surface area contributed by atoms with Crippen LogP contribution in [0.1, 0.15) is 61.3 Å². The van der Waals surface area contributed by atoms with E-state index < -0.39 is 51.3 Å². The summed E-state index contributed by atoms with van der Waals surface area (Å²) in [5.41, 5.74) is 3.09. The number of nitrogens with zero attached hydrogens (tertiary/aromatic N) is 2. The molecular weight excluding hydrogens is 558 g/mol. The van der Waals surface area contributed by atoms with E-state index in [1.807, 2.05) is 12.1 Å². The molecular formula is C27H32ClF4N3O3S. The van der Waals surface area contributed by atoms with E-state index >= 15 is 0 Å². The molecule has 214 valence electrons. The van der Waals surface area contributed by atoms with Gasteiger partial charge in [0.25, 0.3) is 0 Å². The van der Waals surface area contributed by atoms with Gasteiger partial charge in [0.2, 0.25) is 15.9 Å². The Labute approximate surface area is 231 Å². The molecule has 2 aliphatic rings. The maximum Gasteiger partial charge on any atom is 0.405 e. The van der Waals surface area contributed by atoms with Crippen molar-refractivity contribution in [2.24, 2.45) is 0 Å². The number of halogens is 5. The van der Waals surface area contributed by atoms with Crippen LogP contribution >= 0.6 is 11.6 Å². The van der Waals surface area contributed by atoms with Gasteiger partial charge in [-0.05, 0) is 80.1 Å². The van der Waals surface area contributed by atoms with Crippen LogP contribution in [0.25, 0.3) is 0 Å². The molecule has 0 spiro atoms. The fraction of sp³-hybridized carbons (Fsp3) is 0.519. The average molecular weight is 590 g/mol. The third-order valence-corrected chi connectivity index (χ3v) is 9.57. The summed E-state index contributed by atoms with van der Waals surface area (Å²) in [6, 6.07) is 5.45. The topological polar surface area (TPSA) is 69.7 Å². The van der Waals surface area contributed by atoms with Crippen LogP contribution in [0.2, 0.25) is 5.02 Å². The molecule has 39 heavy (non-hydrogen) atoms. The van der Waals surface area contributed by atoms with Crippen LogP contribution in [-0.2, 0) is 27.8 Å². The molecule has 0 saturated carbocycles. The molecule has 6 nitrogen and oxygen atoms in total. The van der Waals surface area contributed by atoms with Crippen LogP contribution < -0.4 is 5.32 Å². The van der Waals surface area contributed by atoms with Crippen molar-refractivity contribution < 1.29 is 30.8 Å². The van der Waals surface area contributed by atoms with Crippen molar-refractivity contribution in [2.45, 2.75) is 74.6 Å². The summed E-state index contributed by atoms with van der Waals surface area (Å²) in [5.74, 6) is -2.18. The van der Waals surface area contributed by atoms with Gasteiger partial charge in [0.15, 0.2) is 0 Å². The molecule has 1 fully saturated rings. The molecule has 1 amide bonds. The normalized spacial score (nSPS) is 19.5. The molecule has 0 radical (unpaired) electrons. The fourth-order valence-corrected chi connectivity index (χ4v) is 7.03. The second-order valence-corrected chi connectivity index (χ2v) is 12.6. The van der Waals surface area contributed by atoms with Crippen molar-refractivity contribution >= 4 is 27.5 Å². The van der Waals surface area contributed by atoms with Crippen molar-refractivity contribution in [2.75, 3.05) is 20.1 Å². The Balaban J connectivity index is 1.48. The zero-order valence-corrected chi connectivity index (χ0v) is 23.2. The summed E-state index contributed by atoms with van der Waals surface area (Å²) in [6.45, 7) is 2.96. The summed E-state index contributed by atoms with van der Waals surface area (Å²) >= 11 is 5.75. The second kappa shape index (κ2) is 12.1. The van der Waals surface area contributed by atoms with Crippen molar-refractivity contribution in [3.05, 3.63) is 63.9 Å². The summed E-state index contributed by atoms with van der Waals surface area (Å²) in [5, 5.41) is 2.53. The summed E-state index contributed by atoms with van der Waals surface area (Å²) in [7, 11) is -4.27. The van der Waals surface area contributed by atoms with Gasteiger partial charge in [-0.15, -0.1) is 0 Å². The highest BCUT2D eigenvalue weighted by Crippen LogP contribution is 2.34. The number of amides is 1. The van der Waals surface area contributed by atoms with E-state index in [1.54, 1.807) is 0 Å². The highest BCUT2D eigenvalue weighted by atomic mass is 35.5. The fourth-order valence-electron chi connectivity index (χ4n) is 5.37. The van der Waals surface area contributed by atoms with Gasteiger partial charge in [0.1, 0.15) is 16.8 Å². The average Bonchev–Trinajstić information content (AvgIpc) is 2.88. The predicted molar refractivity (Wildman–Crippen MR) is 140 cm³/mol. The van der Waals surface area contributed by atoms with Gasteiger partial charge < -0.3 is 5.32 Å². The number of hydrogen-bond donors (Lipinski definition) is 1. The number of nitrogens with one attached hydrogen (secondary N) is 1. The van der Waals surface area contributed by atoms with E-state index in [4.69, 9.17) is 11.6 Å². The predicted octanol–water partition coefficient (Wildman–Crippen LogP) is 5.60. The van der Waals surface area contributed by atoms with Gasteiger partial charge in [0.05, 0.1) is 12.5 Å². The van der Waals surface area contributed by atoms with E-state index in [1.165, 1.54) is 24.8 Å². The lowest BCUT2D eigenvalue weighted by atomic mass is 9.86. The molecule has 2 atom stereocenters. The van der Waals surface area contributed by atoms with Crippen LogP contribution in [0.3, 0.4) is 0 Å². The lowest BCUT2D eigenvalue weighted by Crippen LogP contribution is -2.49. The van der Waals surface area contributed by atoms with Crippen molar-refractivity contribution in [3.63, 3.8) is 0 Å². The highest BCUT2D eigenvalue weighted by Gasteiger charge is 2.48. The first kappa shape index (κ1) is 29.8. The molecule has 1 heterocycles. The van der Waals surface area contributed by atoms with Crippen molar-refractivity contribution in [3.8, 4) is 0 Å². The minimum absolute atomic E-state index is 0.0109. The largest absolute Gasteiger partial charge is 0.405 e. The molecule has 1 aliphatic heterocycles. The van der Waals surface area contributed by atoms with Gasteiger partial charge in [-0.1, -0.05) is 36.2 Å². The zero-order chi connectivity index (χ0) is 28.4. The van der Waals surface area contributed by atoms with Crippen LogP contribution in [0, 0.1) is 5.82 Å². The number of likely N-dealkylation sites (tertiary alicyclic amines) is 1. The SMILES string of the molecule is CN([C@@H](CC(=O)N[C@@H]1CCCc2cc(CN3CCCCC3)ccc21)C(F)(F)F)S(=O)(=O)c1cc(Cl)ccc1F. The number of hydrogen-bond acceptors (Lipinski definition) is 4. The third kappa shape index (κ3) is 7.11. The van der Waals surface area contributed by atoms with Crippen molar-refractivity contribution in [1.29, 1.82) is 0 Å². The van der Waals surface area contributed by atoms with Crippen LogP contribution in [0.4, 0.5) is 17.6 Å². The van der Waals surface area contributed by atoms with Crippen molar-refractivity contribution in [1.82, 2.24) is 14.5 Å². The zero-order valence-electron chi connectivity index (χ0n) is 21.6. The number of sulfonamides is 1. The van der Waals surface area contributed by atoms with Crippen LogP contribution in [0.15, 0.2) is 41.3 Å². The number of carbonyl (C=O) groups excluding carboxylic acids is 1. The molecule has 0 aromatic heterocycles. The number of alkyl halides is 3. The maximum atomic E-state index is 14.2. The Bertz CT molecular complexity index is 1300. The van der Waals surface area contributed by atoms with Gasteiger partial charge in [0, 0.05) is 18.6 Å². The number of aryl methyl sites for hydroxylation is 1. The van der Waals surface area contributed by atoms with Gasteiger partial charge in [-0.3, -0.25) is 9.69 Å². The van der Waals surface area contributed by atoms with Gasteiger partial charge in [-0.25, -0.2) is 12.8 Å². The highest BCUT2D eigenvalue weighted by molar-refractivity contribution is 7.89. The Morgan fingerprint density at radius 2 is 1.85 bits per heavy atom. The Kier molecular flexibility index (Phi) is 9.25. The monoisotopic (exact) mass is 589 g/mol. The minimum atomic E-state index is -5.08. The number of fused-ring (bicyclic) bond motifs is 1. The molecule has 1 aliphatic carbocycles. The molecule has 4 rings (SSSR count). The lowest BCUT2D eigenvalue weighted by Gasteiger charge is -2.31. The van der Waals surface area contributed by atoms with E-state index in [2.05, 4.69) is 16.3 Å². The van der Waals surface area contributed by atoms with E-state index in [9.17, 15) is 30.8 Å². The molecule has 2 aromatic carbocycles. The molecule has 2 aromatic rings. The third-order valence-electron chi connectivity index (χ3n) is 7.46. The standard InChI is InChI=1S/C27H32ClF4N3O3S/c1-34(39(37,38)24-15-20(28)9-11-22(24)29)25(27(30,31)32)16-26(36)33-23-7-5-6-19-14-18(8-10-21(19)23)17-35-12-3-2-4-13-35/h8-11,14-15,23,25H,2-7,12-13,16-17H2,1H3,(H,33,36)/t23-,25+/m1/s1. The lowest BCUT2D eigenvalue weighted by molar-refractivity contribution is -0.173. The molecule has 12 heteroatoms. The number of piperidine rings is 1. The summed E-state index contributed by atoms with van der Waals surface area (Å²) in [4.78, 5) is 14.3. The quantitative estimate of drug-likeness (QED) is 0.407. The second-order valence-electron chi connectivity index (χ2n) is 10.2. The van der Waals surface area contributed by atoms with E-state index in [0.29, 0.717) is 13.5 Å².